The van der Waals surface area contributed by atoms with Gasteiger partial charge in [0.15, 0.2) is 11.9 Å². The number of carbonyl (C=O) groups is 3. The number of aryl methyl sites for hydroxylation is 1. The molecule has 0 radical (unpaired) electrons. The maximum absolute atomic E-state index is 13.6. The number of carbonyl (C=O) groups excluding carboxylic acids is 3. The van der Waals surface area contributed by atoms with Gasteiger partial charge in [-0.05, 0) is 69.2 Å². The second-order valence-electron chi connectivity index (χ2n) is 11.0. The molecule has 0 bridgehead atoms. The minimum absolute atomic E-state index is 0.0510. The number of nitrogens with two attached hydrogens (primary N) is 1. The van der Waals surface area contributed by atoms with Gasteiger partial charge in [0.2, 0.25) is 11.8 Å². The van der Waals surface area contributed by atoms with Crippen molar-refractivity contribution < 1.29 is 19.1 Å². The fourth-order valence-electron chi connectivity index (χ4n) is 4.84. The lowest BCUT2D eigenvalue weighted by molar-refractivity contribution is -0.132. The zero-order valence-corrected chi connectivity index (χ0v) is 24.0. The summed E-state index contributed by atoms with van der Waals surface area (Å²) in [6, 6.07) is 17.5. The molecule has 1 aromatic heterocycles. The van der Waals surface area contributed by atoms with Gasteiger partial charge in [-0.25, -0.2) is 0 Å². The lowest BCUT2D eigenvalue weighted by Gasteiger charge is -2.24. The molecule has 1 fully saturated rings. The van der Waals surface area contributed by atoms with Crippen molar-refractivity contribution in [2.24, 2.45) is 5.73 Å². The fraction of sp³-hybridized carbons (Fsp3) is 0.419. The van der Waals surface area contributed by atoms with Gasteiger partial charge in [0.25, 0.3) is 5.91 Å². The van der Waals surface area contributed by atoms with Crippen LogP contribution >= 0.6 is 0 Å². The Morgan fingerprint density at radius 3 is 2.34 bits per heavy atom. The average molecular weight is 561 g/mol. The molecule has 4 rings (SSSR count). The fourth-order valence-corrected chi connectivity index (χ4v) is 4.84. The Morgan fingerprint density at radius 1 is 1.02 bits per heavy atom. The lowest BCUT2D eigenvalue weighted by Crippen LogP contribution is -2.54. The van der Waals surface area contributed by atoms with Crippen molar-refractivity contribution in [3.8, 4) is 5.75 Å². The molecule has 218 valence electrons. The SMILES string of the molecule is COc1ccc(C(C(=O)N2CCCC2)n2ccc(NC(=O)[C@@H](CCCc3ccccc3)NC(=O)C(C)(C)N)n2)cc1. The van der Waals surface area contributed by atoms with Crippen molar-refractivity contribution in [3.63, 3.8) is 0 Å². The largest absolute Gasteiger partial charge is 0.497 e. The molecule has 1 aliphatic rings. The Bertz CT molecular complexity index is 1310. The zero-order chi connectivity index (χ0) is 29.4. The normalized spacial score (nSPS) is 14.8. The molecular formula is C31H40N6O4. The van der Waals surface area contributed by atoms with E-state index in [-0.39, 0.29) is 11.7 Å². The third kappa shape index (κ3) is 7.94. The first-order valence-corrected chi connectivity index (χ1v) is 14.1. The maximum atomic E-state index is 13.6. The van der Waals surface area contributed by atoms with Crippen molar-refractivity contribution in [3.05, 3.63) is 78.0 Å². The second-order valence-corrected chi connectivity index (χ2v) is 11.0. The molecule has 0 saturated carbocycles. The van der Waals surface area contributed by atoms with Gasteiger partial charge in [0.1, 0.15) is 11.8 Å². The summed E-state index contributed by atoms with van der Waals surface area (Å²) < 4.78 is 6.86. The first kappa shape index (κ1) is 29.8. The van der Waals surface area contributed by atoms with Gasteiger partial charge in [-0.3, -0.25) is 19.1 Å². The highest BCUT2D eigenvalue weighted by Crippen LogP contribution is 2.26. The van der Waals surface area contributed by atoms with Crippen LogP contribution in [0.5, 0.6) is 5.75 Å². The van der Waals surface area contributed by atoms with Crippen LogP contribution in [0.4, 0.5) is 5.82 Å². The Balaban J connectivity index is 1.51. The molecule has 2 aromatic carbocycles. The minimum atomic E-state index is -1.14. The molecule has 3 amide bonds. The van der Waals surface area contributed by atoms with Crippen LogP contribution in [0.25, 0.3) is 0 Å². The highest BCUT2D eigenvalue weighted by Gasteiger charge is 2.31. The number of hydrogen-bond acceptors (Lipinski definition) is 6. The zero-order valence-electron chi connectivity index (χ0n) is 24.0. The van der Waals surface area contributed by atoms with E-state index in [0.29, 0.717) is 31.7 Å². The van der Waals surface area contributed by atoms with Crippen LogP contribution in [-0.4, -0.2) is 64.2 Å². The van der Waals surface area contributed by atoms with Crippen molar-refractivity contribution >= 4 is 23.5 Å². The number of benzene rings is 2. The molecule has 3 aromatic rings. The third-order valence-corrected chi connectivity index (χ3v) is 7.22. The molecule has 10 heteroatoms. The Kier molecular flexibility index (Phi) is 9.78. The van der Waals surface area contributed by atoms with E-state index in [4.69, 9.17) is 10.5 Å². The number of hydrogen-bond donors (Lipinski definition) is 3. The quantitative estimate of drug-likeness (QED) is 0.312. The molecular weight excluding hydrogens is 520 g/mol. The maximum Gasteiger partial charge on any atom is 0.252 e. The highest BCUT2D eigenvalue weighted by molar-refractivity contribution is 5.97. The van der Waals surface area contributed by atoms with E-state index >= 15 is 0 Å². The van der Waals surface area contributed by atoms with Crippen molar-refractivity contribution in [2.45, 2.75) is 63.6 Å². The summed E-state index contributed by atoms with van der Waals surface area (Å²) >= 11 is 0. The van der Waals surface area contributed by atoms with E-state index in [1.807, 2.05) is 59.5 Å². The molecule has 1 unspecified atom stereocenters. The Hall–Kier alpha value is -4.18. The molecule has 2 atom stereocenters. The topological polar surface area (TPSA) is 132 Å². The molecule has 0 aliphatic carbocycles. The van der Waals surface area contributed by atoms with Crippen molar-refractivity contribution in [1.29, 1.82) is 0 Å². The molecule has 1 saturated heterocycles. The lowest BCUT2D eigenvalue weighted by atomic mass is 10.0. The van der Waals surface area contributed by atoms with Gasteiger partial charge in [-0.2, -0.15) is 5.10 Å². The number of ether oxygens (including phenoxy) is 1. The van der Waals surface area contributed by atoms with Crippen molar-refractivity contribution in [1.82, 2.24) is 20.0 Å². The van der Waals surface area contributed by atoms with Crippen LogP contribution < -0.4 is 21.1 Å². The number of nitrogens with zero attached hydrogens (tertiary/aromatic N) is 3. The summed E-state index contributed by atoms with van der Waals surface area (Å²) in [5.74, 6) is 0.115. The van der Waals surface area contributed by atoms with Crippen LogP contribution in [0.3, 0.4) is 0 Å². The summed E-state index contributed by atoms with van der Waals surface area (Å²) in [7, 11) is 1.59. The van der Waals surface area contributed by atoms with Gasteiger partial charge in [-0.1, -0.05) is 42.5 Å². The number of rotatable bonds is 12. The number of aromatic nitrogens is 2. The number of likely N-dealkylation sites (tertiary alicyclic amines) is 1. The van der Waals surface area contributed by atoms with Crippen molar-refractivity contribution in [2.75, 3.05) is 25.5 Å². The van der Waals surface area contributed by atoms with E-state index in [1.54, 1.807) is 37.9 Å². The van der Waals surface area contributed by atoms with Gasteiger partial charge < -0.3 is 26.0 Å². The molecule has 10 nitrogen and oxygen atoms in total. The smallest absolute Gasteiger partial charge is 0.252 e. The van der Waals surface area contributed by atoms with Crippen LogP contribution in [0.1, 0.15) is 56.7 Å². The molecule has 1 aliphatic heterocycles. The minimum Gasteiger partial charge on any atom is -0.497 e. The summed E-state index contributed by atoms with van der Waals surface area (Å²) in [4.78, 5) is 41.5. The molecule has 4 N–H and O–H groups in total. The van der Waals surface area contributed by atoms with E-state index in [0.717, 1.165) is 30.4 Å². The second kappa shape index (κ2) is 13.5. The van der Waals surface area contributed by atoms with Gasteiger partial charge in [0, 0.05) is 25.4 Å². The Morgan fingerprint density at radius 2 is 1.71 bits per heavy atom. The van der Waals surface area contributed by atoms with E-state index in [9.17, 15) is 14.4 Å². The highest BCUT2D eigenvalue weighted by atomic mass is 16.5. The summed E-state index contributed by atoms with van der Waals surface area (Å²) in [5, 5.41) is 10.2. The first-order valence-electron chi connectivity index (χ1n) is 14.1. The van der Waals surface area contributed by atoms with Crippen LogP contribution in [0.2, 0.25) is 0 Å². The Labute approximate surface area is 241 Å². The number of anilines is 1. The van der Waals surface area contributed by atoms with E-state index < -0.39 is 29.4 Å². The van der Waals surface area contributed by atoms with Gasteiger partial charge in [-0.15, -0.1) is 0 Å². The number of amides is 3. The third-order valence-electron chi connectivity index (χ3n) is 7.22. The van der Waals surface area contributed by atoms with Gasteiger partial charge in [0.05, 0.1) is 12.6 Å². The molecule has 2 heterocycles. The number of methoxy groups -OCH3 is 1. The summed E-state index contributed by atoms with van der Waals surface area (Å²) in [6.07, 6.45) is 5.50. The predicted octanol–water partition coefficient (Wildman–Crippen LogP) is 3.29. The van der Waals surface area contributed by atoms with Crippen LogP contribution in [0, 0.1) is 0 Å². The summed E-state index contributed by atoms with van der Waals surface area (Å²) in [5.41, 5.74) is 6.77. The standard InChI is InChI=1S/C31H40N6O4/c1-31(2,32)30(40)33-25(13-9-12-22-10-5-4-6-11-22)28(38)34-26-18-21-37(35-26)27(29(39)36-19-7-8-20-36)23-14-16-24(41-3)17-15-23/h4-6,10-11,14-18,21,25,27H,7-9,12-13,19-20,32H2,1-3H3,(H,33,40)(H,34,35,38)/t25-,27?/m1/s1. The summed E-state index contributed by atoms with van der Waals surface area (Å²) in [6.45, 7) is 4.61. The molecule has 41 heavy (non-hydrogen) atoms. The average Bonchev–Trinajstić information content (AvgIpc) is 3.66. The van der Waals surface area contributed by atoms with E-state index in [1.165, 1.54) is 0 Å². The van der Waals surface area contributed by atoms with Gasteiger partial charge >= 0.3 is 0 Å². The molecule has 0 spiro atoms. The van der Waals surface area contributed by atoms with Crippen LogP contribution in [-0.2, 0) is 20.8 Å². The number of nitrogens with one attached hydrogen (secondary N) is 2. The first-order chi connectivity index (χ1) is 19.7. The monoisotopic (exact) mass is 560 g/mol. The van der Waals surface area contributed by atoms with Crippen LogP contribution in [0.15, 0.2) is 66.9 Å². The predicted molar refractivity (Wildman–Crippen MR) is 157 cm³/mol. The van der Waals surface area contributed by atoms with E-state index in [2.05, 4.69) is 15.7 Å².